The molecule has 0 heterocycles. The maximum atomic E-state index is 6.03. The van der Waals surface area contributed by atoms with E-state index >= 15 is 0 Å². The van der Waals surface area contributed by atoms with Crippen molar-refractivity contribution in [2.24, 2.45) is 0 Å². The number of hydrogen-bond donors (Lipinski definition) is 0. The van der Waals surface area contributed by atoms with E-state index in [9.17, 15) is 0 Å². The summed E-state index contributed by atoms with van der Waals surface area (Å²) in [5.41, 5.74) is 2.84. The van der Waals surface area contributed by atoms with E-state index in [1.807, 2.05) is 0 Å². The molecule has 0 spiro atoms. The summed E-state index contributed by atoms with van der Waals surface area (Å²) in [6, 6.07) is 17.3. The van der Waals surface area contributed by atoms with Crippen LogP contribution in [0.3, 0.4) is 0 Å². The van der Waals surface area contributed by atoms with Gasteiger partial charge in [-0.1, -0.05) is 102 Å². The molecule has 2 heteroatoms. The van der Waals surface area contributed by atoms with Gasteiger partial charge in [0, 0.05) is 0 Å². The summed E-state index contributed by atoms with van der Waals surface area (Å²) in [6.07, 6.45) is 18.6. The van der Waals surface area contributed by atoms with Crippen LogP contribution in [-0.4, -0.2) is 29.6 Å². The fourth-order valence-corrected chi connectivity index (χ4v) is 3.80. The van der Waals surface area contributed by atoms with E-state index in [0.29, 0.717) is 0 Å². The van der Waals surface area contributed by atoms with Crippen LogP contribution < -0.4 is 4.74 Å². The first-order valence-corrected chi connectivity index (χ1v) is 12.2. The Morgan fingerprint density at radius 3 is 1.17 bits per heavy atom. The van der Waals surface area contributed by atoms with Gasteiger partial charge >= 0.3 is 29.6 Å². The van der Waals surface area contributed by atoms with Crippen LogP contribution >= 0.6 is 0 Å². The third kappa shape index (κ3) is 12.2. The molecule has 1 nitrogen and oxygen atoms in total. The van der Waals surface area contributed by atoms with E-state index in [-0.39, 0.29) is 29.6 Å². The molecule has 0 aliphatic heterocycles. The van der Waals surface area contributed by atoms with Crippen molar-refractivity contribution in [2.75, 3.05) is 0 Å². The average molecular weight is 419 g/mol. The van der Waals surface area contributed by atoms with Gasteiger partial charge in [0.05, 0.1) is 0 Å². The number of hydrogen-bond acceptors (Lipinski definition) is 1. The normalized spacial score (nSPS) is 10.6. The predicted molar refractivity (Wildman–Crippen MR) is 134 cm³/mol. The predicted octanol–water partition coefficient (Wildman–Crippen LogP) is 8.64. The van der Waals surface area contributed by atoms with Crippen LogP contribution in [0, 0.1) is 0 Å². The SMILES string of the molecule is CCCCCCCCc1ccc(Oc2ccc(CCCCCCCC)cc2)cc1.[NaH]. The Labute approximate surface area is 208 Å². The summed E-state index contributed by atoms with van der Waals surface area (Å²) in [4.78, 5) is 0. The van der Waals surface area contributed by atoms with Crippen LogP contribution in [0.5, 0.6) is 11.5 Å². The van der Waals surface area contributed by atoms with E-state index in [2.05, 4.69) is 62.4 Å². The van der Waals surface area contributed by atoms with Gasteiger partial charge in [0.1, 0.15) is 11.5 Å². The minimum atomic E-state index is 0. The number of rotatable bonds is 16. The van der Waals surface area contributed by atoms with Crippen molar-refractivity contribution >= 4 is 29.6 Å². The molecule has 2 aromatic carbocycles. The molecule has 0 aromatic heterocycles. The standard InChI is InChI=1S/C28H42O.Na.H/c1-3-5-7-9-11-13-15-25-17-21-27(22-18-25)29-28-23-19-26(20-24-28)16-14-12-10-8-6-4-2;;/h17-24H,3-16H2,1-2H3;;. The van der Waals surface area contributed by atoms with E-state index in [1.165, 1.54) is 101 Å². The Morgan fingerprint density at radius 2 is 0.800 bits per heavy atom. The molecular formula is C28H43NaO. The second-order valence-electron chi connectivity index (χ2n) is 8.43. The molecule has 0 aliphatic carbocycles. The van der Waals surface area contributed by atoms with Crippen molar-refractivity contribution in [3.8, 4) is 11.5 Å². The number of unbranched alkanes of at least 4 members (excludes halogenated alkanes) is 10. The first-order valence-electron chi connectivity index (χ1n) is 12.2. The van der Waals surface area contributed by atoms with E-state index in [4.69, 9.17) is 4.74 Å². The van der Waals surface area contributed by atoms with Gasteiger partial charge in [0.15, 0.2) is 0 Å². The van der Waals surface area contributed by atoms with Crippen LogP contribution in [0.25, 0.3) is 0 Å². The topological polar surface area (TPSA) is 9.23 Å². The van der Waals surface area contributed by atoms with Crippen LogP contribution in [0.2, 0.25) is 0 Å². The van der Waals surface area contributed by atoms with Gasteiger partial charge in [0.25, 0.3) is 0 Å². The minimum absolute atomic E-state index is 0. The Balaban J connectivity index is 0.00000450. The van der Waals surface area contributed by atoms with Gasteiger partial charge in [0.2, 0.25) is 0 Å². The maximum absolute atomic E-state index is 6.03. The molecule has 0 unspecified atom stereocenters. The van der Waals surface area contributed by atoms with E-state index in [0.717, 1.165) is 11.5 Å². The van der Waals surface area contributed by atoms with Crippen LogP contribution in [0.15, 0.2) is 48.5 Å². The Hall–Kier alpha value is -0.760. The molecule has 0 saturated heterocycles. The quantitative estimate of drug-likeness (QED) is 0.196. The first kappa shape index (κ1) is 27.3. The molecule has 0 radical (unpaired) electrons. The molecule has 0 N–H and O–H groups in total. The molecule has 0 fully saturated rings. The van der Waals surface area contributed by atoms with Crippen molar-refractivity contribution in [1.82, 2.24) is 0 Å². The summed E-state index contributed by atoms with van der Waals surface area (Å²) in [7, 11) is 0. The molecule has 0 aliphatic rings. The van der Waals surface area contributed by atoms with Gasteiger partial charge in [-0.2, -0.15) is 0 Å². The Kier molecular flexibility index (Phi) is 16.2. The molecular weight excluding hydrogens is 375 g/mol. The fraction of sp³-hybridized carbons (Fsp3) is 0.571. The fourth-order valence-electron chi connectivity index (χ4n) is 3.80. The Morgan fingerprint density at radius 1 is 0.467 bits per heavy atom. The van der Waals surface area contributed by atoms with E-state index in [1.54, 1.807) is 0 Å². The monoisotopic (exact) mass is 418 g/mol. The first-order chi connectivity index (χ1) is 14.3. The second kappa shape index (κ2) is 17.9. The van der Waals surface area contributed by atoms with Crippen molar-refractivity contribution in [3.63, 3.8) is 0 Å². The van der Waals surface area contributed by atoms with Gasteiger partial charge < -0.3 is 4.74 Å². The van der Waals surface area contributed by atoms with Crippen molar-refractivity contribution in [2.45, 2.75) is 104 Å². The van der Waals surface area contributed by atoms with Crippen LogP contribution in [0.4, 0.5) is 0 Å². The van der Waals surface area contributed by atoms with Gasteiger partial charge in [-0.3, -0.25) is 0 Å². The number of ether oxygens (including phenoxy) is 1. The second-order valence-corrected chi connectivity index (χ2v) is 8.43. The number of aryl methyl sites for hydroxylation is 2. The Bertz CT molecular complexity index is 575. The van der Waals surface area contributed by atoms with Crippen molar-refractivity contribution in [3.05, 3.63) is 59.7 Å². The summed E-state index contributed by atoms with van der Waals surface area (Å²) >= 11 is 0. The molecule has 0 amide bonds. The van der Waals surface area contributed by atoms with Gasteiger partial charge in [-0.05, 0) is 61.1 Å². The zero-order valence-corrected chi connectivity index (χ0v) is 18.9. The molecule has 162 valence electrons. The average Bonchev–Trinajstić information content (AvgIpc) is 2.75. The third-order valence-corrected chi connectivity index (χ3v) is 5.72. The molecule has 2 rings (SSSR count). The summed E-state index contributed by atoms with van der Waals surface area (Å²) in [6.45, 7) is 4.54. The zero-order chi connectivity index (χ0) is 20.6. The van der Waals surface area contributed by atoms with Crippen LogP contribution in [0.1, 0.15) is 102 Å². The molecule has 2 aromatic rings. The molecule has 0 bridgehead atoms. The van der Waals surface area contributed by atoms with Gasteiger partial charge in [-0.25, -0.2) is 0 Å². The van der Waals surface area contributed by atoms with Crippen molar-refractivity contribution < 1.29 is 4.74 Å². The third-order valence-electron chi connectivity index (χ3n) is 5.72. The summed E-state index contributed by atoms with van der Waals surface area (Å²) < 4.78 is 6.03. The van der Waals surface area contributed by atoms with Crippen LogP contribution in [-0.2, 0) is 12.8 Å². The summed E-state index contributed by atoms with van der Waals surface area (Å²) in [5.74, 6) is 1.86. The van der Waals surface area contributed by atoms with Gasteiger partial charge in [-0.15, -0.1) is 0 Å². The van der Waals surface area contributed by atoms with E-state index < -0.39 is 0 Å². The molecule has 0 atom stereocenters. The van der Waals surface area contributed by atoms with Crippen molar-refractivity contribution in [1.29, 1.82) is 0 Å². The molecule has 30 heavy (non-hydrogen) atoms. The molecule has 0 saturated carbocycles. The zero-order valence-electron chi connectivity index (χ0n) is 18.9. The number of benzene rings is 2. The summed E-state index contributed by atoms with van der Waals surface area (Å²) in [5, 5.41) is 0.